The minimum atomic E-state index is 0.116. The third-order valence-corrected chi connectivity index (χ3v) is 6.13. The van der Waals surface area contributed by atoms with Crippen molar-refractivity contribution in [2.24, 2.45) is 0 Å². The summed E-state index contributed by atoms with van der Waals surface area (Å²) >= 11 is 2.93. The first kappa shape index (κ1) is 20.4. The molecular formula is C21H24N4OS2. The number of nitrogens with zero attached hydrogens (tertiary/aromatic N) is 3. The fourth-order valence-corrected chi connectivity index (χ4v) is 4.43. The van der Waals surface area contributed by atoms with Crippen molar-refractivity contribution in [3.05, 3.63) is 71.8 Å². The number of rotatable bonds is 10. The van der Waals surface area contributed by atoms with Crippen molar-refractivity contribution in [2.75, 3.05) is 24.2 Å². The minimum absolute atomic E-state index is 0.116. The van der Waals surface area contributed by atoms with Gasteiger partial charge in [-0.1, -0.05) is 83.8 Å². The number of thioether (sulfide) groups is 1. The Labute approximate surface area is 174 Å². The van der Waals surface area contributed by atoms with E-state index in [1.54, 1.807) is 0 Å². The lowest BCUT2D eigenvalue weighted by Crippen LogP contribution is -2.33. The van der Waals surface area contributed by atoms with Gasteiger partial charge in [0.2, 0.25) is 11.0 Å². The van der Waals surface area contributed by atoms with Crippen molar-refractivity contribution in [1.29, 1.82) is 0 Å². The molecule has 0 unspecified atom stereocenters. The van der Waals surface area contributed by atoms with Crippen LogP contribution < -0.4 is 5.32 Å². The molecule has 0 fully saturated rings. The van der Waals surface area contributed by atoms with E-state index in [-0.39, 0.29) is 5.91 Å². The van der Waals surface area contributed by atoms with Gasteiger partial charge in [-0.05, 0) is 24.5 Å². The van der Waals surface area contributed by atoms with E-state index in [1.807, 2.05) is 48.2 Å². The molecule has 3 aromatic rings. The van der Waals surface area contributed by atoms with Crippen LogP contribution in [0.5, 0.6) is 0 Å². The second-order valence-electron chi connectivity index (χ2n) is 6.23. The number of hydrogen-bond donors (Lipinski definition) is 1. The summed E-state index contributed by atoms with van der Waals surface area (Å²) in [6.07, 6.45) is 0.841. The molecule has 1 heterocycles. The van der Waals surface area contributed by atoms with Crippen LogP contribution in [0.1, 0.15) is 18.1 Å². The summed E-state index contributed by atoms with van der Waals surface area (Å²) in [5.41, 5.74) is 2.37. The first-order valence-electron chi connectivity index (χ1n) is 9.30. The van der Waals surface area contributed by atoms with Gasteiger partial charge in [0.05, 0.1) is 5.75 Å². The Morgan fingerprint density at radius 2 is 1.71 bits per heavy atom. The maximum Gasteiger partial charge on any atom is 0.233 e. The number of nitrogens with one attached hydrogen (secondary N) is 1. The van der Waals surface area contributed by atoms with Gasteiger partial charge >= 0.3 is 0 Å². The summed E-state index contributed by atoms with van der Waals surface area (Å²) in [6, 6.07) is 20.4. The Balaban J connectivity index is 1.61. The van der Waals surface area contributed by atoms with Gasteiger partial charge in [0, 0.05) is 19.6 Å². The number of carbonyl (C=O) groups is 1. The zero-order valence-corrected chi connectivity index (χ0v) is 17.5. The van der Waals surface area contributed by atoms with Crippen LogP contribution >= 0.6 is 23.1 Å². The molecule has 1 amide bonds. The Kier molecular flexibility index (Phi) is 7.87. The summed E-state index contributed by atoms with van der Waals surface area (Å²) in [4.78, 5) is 14.9. The van der Waals surface area contributed by atoms with Crippen molar-refractivity contribution in [3.8, 4) is 0 Å². The monoisotopic (exact) mass is 412 g/mol. The number of hydrogen-bond acceptors (Lipinski definition) is 6. The quantitative estimate of drug-likeness (QED) is 0.502. The smallest absolute Gasteiger partial charge is 0.233 e. The summed E-state index contributed by atoms with van der Waals surface area (Å²) in [5, 5.41) is 12.2. The van der Waals surface area contributed by atoms with E-state index < -0.39 is 0 Å². The molecule has 1 aromatic heterocycles. The third kappa shape index (κ3) is 6.35. The molecule has 0 aliphatic heterocycles. The molecule has 0 spiro atoms. The summed E-state index contributed by atoms with van der Waals surface area (Å²) in [6.45, 7) is 4.14. The molecule has 0 saturated carbocycles. The van der Waals surface area contributed by atoms with Gasteiger partial charge < -0.3 is 10.2 Å². The Bertz CT molecular complexity index is 855. The van der Waals surface area contributed by atoms with Gasteiger partial charge in [0.25, 0.3) is 0 Å². The molecule has 28 heavy (non-hydrogen) atoms. The average Bonchev–Trinajstić information content (AvgIpc) is 3.18. The van der Waals surface area contributed by atoms with E-state index in [9.17, 15) is 4.79 Å². The maximum absolute atomic E-state index is 12.9. The van der Waals surface area contributed by atoms with Crippen LogP contribution in [-0.4, -0.2) is 39.8 Å². The van der Waals surface area contributed by atoms with E-state index in [2.05, 4.69) is 39.8 Å². The topological polar surface area (TPSA) is 58.1 Å². The maximum atomic E-state index is 12.9. The molecule has 3 rings (SSSR count). The Hall–Kier alpha value is -2.38. The molecule has 0 atom stereocenters. The first-order valence-corrected chi connectivity index (χ1v) is 11.1. The SMILES string of the molecule is CCNc1nnc(SCC(=O)N(CCc2ccccc2)Cc2ccccc2)s1. The minimum Gasteiger partial charge on any atom is -0.360 e. The van der Waals surface area contributed by atoms with E-state index in [0.717, 1.165) is 28.0 Å². The zero-order chi connectivity index (χ0) is 19.6. The van der Waals surface area contributed by atoms with Crippen molar-refractivity contribution in [3.63, 3.8) is 0 Å². The molecule has 0 aliphatic rings. The van der Waals surface area contributed by atoms with Gasteiger partial charge in [-0.2, -0.15) is 0 Å². The van der Waals surface area contributed by atoms with E-state index in [0.29, 0.717) is 18.8 Å². The predicted molar refractivity (Wildman–Crippen MR) is 117 cm³/mol. The van der Waals surface area contributed by atoms with Crippen molar-refractivity contribution in [1.82, 2.24) is 15.1 Å². The standard InChI is InChI=1S/C21H24N4OS2/c1-2-22-20-23-24-21(28-20)27-16-19(26)25(15-18-11-7-4-8-12-18)14-13-17-9-5-3-6-10-17/h3-12H,2,13-16H2,1H3,(H,22,23). The zero-order valence-electron chi connectivity index (χ0n) is 15.9. The highest BCUT2D eigenvalue weighted by molar-refractivity contribution is 8.01. The van der Waals surface area contributed by atoms with Gasteiger partial charge in [-0.3, -0.25) is 4.79 Å². The van der Waals surface area contributed by atoms with Gasteiger partial charge in [-0.25, -0.2) is 0 Å². The highest BCUT2D eigenvalue weighted by atomic mass is 32.2. The Morgan fingerprint density at radius 3 is 2.39 bits per heavy atom. The number of aromatic nitrogens is 2. The molecule has 2 aromatic carbocycles. The van der Waals surface area contributed by atoms with Gasteiger partial charge in [0.15, 0.2) is 4.34 Å². The van der Waals surface area contributed by atoms with Gasteiger partial charge in [-0.15, -0.1) is 10.2 Å². The lowest BCUT2D eigenvalue weighted by Gasteiger charge is -2.23. The van der Waals surface area contributed by atoms with Crippen LogP contribution in [0.2, 0.25) is 0 Å². The van der Waals surface area contributed by atoms with Crippen LogP contribution in [0, 0.1) is 0 Å². The van der Waals surface area contributed by atoms with E-state index in [4.69, 9.17) is 0 Å². The molecule has 7 heteroatoms. The summed E-state index contributed by atoms with van der Waals surface area (Å²) in [7, 11) is 0. The molecular weight excluding hydrogens is 388 g/mol. The fourth-order valence-electron chi connectivity index (χ4n) is 2.71. The molecule has 146 valence electrons. The van der Waals surface area contributed by atoms with Crippen molar-refractivity contribution >= 4 is 34.1 Å². The van der Waals surface area contributed by atoms with Crippen LogP contribution in [-0.2, 0) is 17.8 Å². The molecule has 0 aliphatic carbocycles. The number of benzene rings is 2. The van der Waals surface area contributed by atoms with Crippen LogP contribution in [0.4, 0.5) is 5.13 Å². The van der Waals surface area contributed by atoms with Crippen LogP contribution in [0.25, 0.3) is 0 Å². The highest BCUT2D eigenvalue weighted by Crippen LogP contribution is 2.25. The lowest BCUT2D eigenvalue weighted by molar-refractivity contribution is -0.128. The third-order valence-electron chi connectivity index (χ3n) is 4.14. The number of amides is 1. The van der Waals surface area contributed by atoms with E-state index >= 15 is 0 Å². The Morgan fingerprint density at radius 1 is 1.04 bits per heavy atom. The van der Waals surface area contributed by atoms with Gasteiger partial charge in [0.1, 0.15) is 0 Å². The summed E-state index contributed by atoms with van der Waals surface area (Å²) in [5.74, 6) is 0.479. The first-order chi connectivity index (χ1) is 13.7. The normalized spacial score (nSPS) is 10.6. The summed E-state index contributed by atoms with van der Waals surface area (Å²) < 4.78 is 0.812. The molecule has 0 saturated heterocycles. The molecule has 1 N–H and O–H groups in total. The lowest BCUT2D eigenvalue weighted by atomic mass is 10.1. The van der Waals surface area contributed by atoms with E-state index in [1.165, 1.54) is 28.7 Å². The highest BCUT2D eigenvalue weighted by Gasteiger charge is 2.16. The predicted octanol–water partition coefficient (Wildman–Crippen LogP) is 4.33. The largest absolute Gasteiger partial charge is 0.360 e. The molecule has 5 nitrogen and oxygen atoms in total. The second kappa shape index (κ2) is 10.8. The van der Waals surface area contributed by atoms with Crippen LogP contribution in [0.3, 0.4) is 0 Å². The van der Waals surface area contributed by atoms with Crippen molar-refractivity contribution in [2.45, 2.75) is 24.2 Å². The molecule has 0 bridgehead atoms. The average molecular weight is 413 g/mol. The fraction of sp³-hybridized carbons (Fsp3) is 0.286. The van der Waals surface area contributed by atoms with Crippen LogP contribution in [0.15, 0.2) is 65.0 Å². The number of anilines is 1. The second-order valence-corrected chi connectivity index (χ2v) is 8.43. The van der Waals surface area contributed by atoms with Crippen molar-refractivity contribution < 1.29 is 4.79 Å². The number of carbonyl (C=O) groups excluding carboxylic acids is 1. The molecule has 0 radical (unpaired) electrons.